The van der Waals surface area contributed by atoms with Gasteiger partial charge in [0.05, 0.1) is 5.60 Å². The van der Waals surface area contributed by atoms with Gasteiger partial charge in [-0.25, -0.2) is 0 Å². The second-order valence-corrected chi connectivity index (χ2v) is 4.80. The van der Waals surface area contributed by atoms with E-state index in [0.29, 0.717) is 5.92 Å². The minimum atomic E-state index is 0.149. The van der Waals surface area contributed by atoms with Gasteiger partial charge in [-0.15, -0.1) is 0 Å². The van der Waals surface area contributed by atoms with E-state index in [9.17, 15) is 0 Å². The molecular formula is C15H22O. The van der Waals surface area contributed by atoms with E-state index in [1.165, 1.54) is 18.4 Å². The molecule has 1 saturated heterocycles. The van der Waals surface area contributed by atoms with Gasteiger partial charge in [0, 0.05) is 6.61 Å². The van der Waals surface area contributed by atoms with Gasteiger partial charge in [0.1, 0.15) is 0 Å². The molecule has 1 aromatic rings. The average Bonchev–Trinajstić information content (AvgIpc) is 2.74. The van der Waals surface area contributed by atoms with Gasteiger partial charge < -0.3 is 4.74 Å². The highest BCUT2D eigenvalue weighted by molar-refractivity contribution is 5.16. The molecule has 0 N–H and O–H groups in total. The fourth-order valence-electron chi connectivity index (χ4n) is 3.00. The van der Waals surface area contributed by atoms with Gasteiger partial charge in [-0.05, 0) is 37.2 Å². The maximum atomic E-state index is 6.02. The van der Waals surface area contributed by atoms with Gasteiger partial charge in [0.25, 0.3) is 0 Å². The second-order valence-electron chi connectivity index (χ2n) is 4.80. The molecule has 1 fully saturated rings. The number of ether oxygens (including phenoxy) is 1. The van der Waals surface area contributed by atoms with Crippen molar-refractivity contribution in [3.05, 3.63) is 35.9 Å². The maximum absolute atomic E-state index is 6.02. The van der Waals surface area contributed by atoms with Crippen LogP contribution in [0.1, 0.15) is 38.7 Å². The van der Waals surface area contributed by atoms with Crippen LogP contribution in [-0.2, 0) is 11.2 Å². The summed E-state index contributed by atoms with van der Waals surface area (Å²) in [6.07, 6.45) is 4.67. The van der Waals surface area contributed by atoms with Crippen molar-refractivity contribution in [2.75, 3.05) is 6.61 Å². The molecule has 0 bridgehead atoms. The molecule has 1 heteroatoms. The normalized spacial score (nSPS) is 23.5. The van der Waals surface area contributed by atoms with E-state index >= 15 is 0 Å². The van der Waals surface area contributed by atoms with Gasteiger partial charge >= 0.3 is 0 Å². The molecular weight excluding hydrogens is 196 g/mol. The SMILES string of the molecule is CCC1(CC)OCCC1Cc1ccccc1. The molecule has 1 nitrogen and oxygen atoms in total. The number of hydrogen-bond acceptors (Lipinski definition) is 1. The predicted octanol–water partition coefficient (Wildman–Crippen LogP) is 3.82. The third kappa shape index (κ3) is 2.15. The summed E-state index contributed by atoms with van der Waals surface area (Å²) in [7, 11) is 0. The van der Waals surface area contributed by atoms with Crippen LogP contribution in [0.4, 0.5) is 0 Å². The zero-order valence-electron chi connectivity index (χ0n) is 10.4. The lowest BCUT2D eigenvalue weighted by Crippen LogP contribution is -2.35. The van der Waals surface area contributed by atoms with Crippen molar-refractivity contribution >= 4 is 0 Å². The zero-order chi connectivity index (χ0) is 11.4. The third-order valence-corrected chi connectivity index (χ3v) is 4.12. The van der Waals surface area contributed by atoms with Crippen molar-refractivity contribution in [1.29, 1.82) is 0 Å². The van der Waals surface area contributed by atoms with Crippen LogP contribution < -0.4 is 0 Å². The van der Waals surface area contributed by atoms with Crippen molar-refractivity contribution in [1.82, 2.24) is 0 Å². The molecule has 0 saturated carbocycles. The van der Waals surface area contributed by atoms with Crippen LogP contribution in [0, 0.1) is 5.92 Å². The Morgan fingerprint density at radius 3 is 2.50 bits per heavy atom. The standard InChI is InChI=1S/C15H22O/c1-3-15(4-2)14(10-11-16-15)12-13-8-6-5-7-9-13/h5-9,14H,3-4,10-12H2,1-2H3. The van der Waals surface area contributed by atoms with E-state index in [0.717, 1.165) is 19.4 Å². The van der Waals surface area contributed by atoms with E-state index in [1.54, 1.807) is 0 Å². The topological polar surface area (TPSA) is 9.23 Å². The summed E-state index contributed by atoms with van der Waals surface area (Å²) in [5.41, 5.74) is 1.60. The summed E-state index contributed by atoms with van der Waals surface area (Å²) >= 11 is 0. The molecule has 1 heterocycles. The van der Waals surface area contributed by atoms with Gasteiger partial charge in [-0.3, -0.25) is 0 Å². The van der Waals surface area contributed by atoms with Crippen LogP contribution in [0.5, 0.6) is 0 Å². The highest BCUT2D eigenvalue weighted by Crippen LogP contribution is 2.39. The van der Waals surface area contributed by atoms with E-state index in [4.69, 9.17) is 4.74 Å². The summed E-state index contributed by atoms with van der Waals surface area (Å²) in [6, 6.07) is 10.8. The monoisotopic (exact) mass is 218 g/mol. The van der Waals surface area contributed by atoms with Gasteiger partial charge in [0.2, 0.25) is 0 Å². The lowest BCUT2D eigenvalue weighted by Gasteiger charge is -2.32. The van der Waals surface area contributed by atoms with Crippen LogP contribution in [0.25, 0.3) is 0 Å². The van der Waals surface area contributed by atoms with E-state index in [2.05, 4.69) is 44.2 Å². The van der Waals surface area contributed by atoms with Crippen LogP contribution in [-0.4, -0.2) is 12.2 Å². The molecule has 1 aliphatic heterocycles. The lowest BCUT2D eigenvalue weighted by molar-refractivity contribution is -0.0279. The Morgan fingerprint density at radius 2 is 1.88 bits per heavy atom. The number of rotatable bonds is 4. The lowest BCUT2D eigenvalue weighted by atomic mass is 9.79. The largest absolute Gasteiger partial charge is 0.375 e. The Balaban J connectivity index is 2.09. The first-order valence-electron chi connectivity index (χ1n) is 6.48. The Morgan fingerprint density at radius 1 is 1.19 bits per heavy atom. The maximum Gasteiger partial charge on any atom is 0.0709 e. The molecule has 1 atom stereocenters. The van der Waals surface area contributed by atoms with Crippen molar-refractivity contribution < 1.29 is 4.74 Å². The molecule has 1 aromatic carbocycles. The van der Waals surface area contributed by atoms with Gasteiger partial charge in [0.15, 0.2) is 0 Å². The molecule has 1 aliphatic rings. The Bertz CT molecular complexity index is 313. The Labute approximate surface area is 98.8 Å². The predicted molar refractivity (Wildman–Crippen MR) is 67.5 cm³/mol. The highest BCUT2D eigenvalue weighted by Gasteiger charge is 2.40. The second kappa shape index (κ2) is 5.01. The average molecular weight is 218 g/mol. The van der Waals surface area contributed by atoms with E-state index in [-0.39, 0.29) is 5.60 Å². The van der Waals surface area contributed by atoms with Crippen LogP contribution in [0.15, 0.2) is 30.3 Å². The smallest absolute Gasteiger partial charge is 0.0709 e. The molecule has 0 amide bonds. The van der Waals surface area contributed by atoms with Gasteiger partial charge in [-0.2, -0.15) is 0 Å². The molecule has 0 aromatic heterocycles. The fraction of sp³-hybridized carbons (Fsp3) is 0.600. The van der Waals surface area contributed by atoms with Crippen molar-refractivity contribution in [2.45, 2.75) is 45.1 Å². The third-order valence-electron chi connectivity index (χ3n) is 4.12. The summed E-state index contributed by atoms with van der Waals surface area (Å²) in [5.74, 6) is 0.699. The fourth-order valence-corrected chi connectivity index (χ4v) is 3.00. The molecule has 1 unspecified atom stereocenters. The quantitative estimate of drug-likeness (QED) is 0.746. The molecule has 88 valence electrons. The molecule has 0 spiro atoms. The van der Waals surface area contributed by atoms with Crippen molar-refractivity contribution in [3.8, 4) is 0 Å². The van der Waals surface area contributed by atoms with Crippen LogP contribution in [0.3, 0.4) is 0 Å². The summed E-state index contributed by atoms with van der Waals surface area (Å²) in [4.78, 5) is 0. The zero-order valence-corrected chi connectivity index (χ0v) is 10.4. The molecule has 2 rings (SSSR count). The minimum absolute atomic E-state index is 0.149. The molecule has 0 radical (unpaired) electrons. The first kappa shape index (κ1) is 11.7. The summed E-state index contributed by atoms with van der Waals surface area (Å²) in [5, 5.41) is 0. The Kier molecular flexibility index (Phi) is 3.65. The Hall–Kier alpha value is -0.820. The number of hydrogen-bond donors (Lipinski definition) is 0. The summed E-state index contributed by atoms with van der Waals surface area (Å²) < 4.78 is 6.02. The van der Waals surface area contributed by atoms with E-state index < -0.39 is 0 Å². The van der Waals surface area contributed by atoms with E-state index in [1.807, 2.05) is 0 Å². The highest BCUT2D eigenvalue weighted by atomic mass is 16.5. The number of benzene rings is 1. The van der Waals surface area contributed by atoms with Gasteiger partial charge in [-0.1, -0.05) is 44.2 Å². The van der Waals surface area contributed by atoms with Crippen molar-refractivity contribution in [3.63, 3.8) is 0 Å². The summed E-state index contributed by atoms with van der Waals surface area (Å²) in [6.45, 7) is 5.46. The molecule has 0 aliphatic carbocycles. The molecule has 16 heavy (non-hydrogen) atoms. The first-order valence-corrected chi connectivity index (χ1v) is 6.48. The van der Waals surface area contributed by atoms with Crippen LogP contribution in [0.2, 0.25) is 0 Å². The van der Waals surface area contributed by atoms with Crippen molar-refractivity contribution in [2.24, 2.45) is 5.92 Å². The van der Waals surface area contributed by atoms with Crippen LogP contribution >= 0.6 is 0 Å². The first-order chi connectivity index (χ1) is 7.80. The minimum Gasteiger partial charge on any atom is -0.375 e.